The van der Waals surface area contributed by atoms with E-state index in [0.29, 0.717) is 5.56 Å². The molecular weight excluding hydrogens is 286 g/mol. The van der Waals surface area contributed by atoms with Gasteiger partial charge in [-0.15, -0.1) is 0 Å². The Balaban J connectivity index is 2.86. The summed E-state index contributed by atoms with van der Waals surface area (Å²) in [6, 6.07) is 5.07. The lowest BCUT2D eigenvalue weighted by Gasteiger charge is -2.02. The molecular formula is C12H12BrNO3. The van der Waals surface area contributed by atoms with Crippen molar-refractivity contribution in [3.8, 4) is 0 Å². The van der Waals surface area contributed by atoms with Crippen molar-refractivity contribution in [2.75, 3.05) is 7.11 Å². The molecule has 0 aliphatic heterocycles. The van der Waals surface area contributed by atoms with Crippen LogP contribution in [0.5, 0.6) is 0 Å². The second-order valence-corrected chi connectivity index (χ2v) is 4.16. The summed E-state index contributed by atoms with van der Waals surface area (Å²) in [5, 5.41) is 0. The number of hydrogen-bond donors (Lipinski definition) is 1. The van der Waals surface area contributed by atoms with E-state index in [-0.39, 0.29) is 12.3 Å². The summed E-state index contributed by atoms with van der Waals surface area (Å²) in [7, 11) is 1.33. The van der Waals surface area contributed by atoms with Gasteiger partial charge in [-0.25, -0.2) is 4.79 Å². The summed E-state index contributed by atoms with van der Waals surface area (Å²) in [6.45, 7) is 0. The number of nitrogens with two attached hydrogens (primary N) is 1. The van der Waals surface area contributed by atoms with Gasteiger partial charge in [0.2, 0.25) is 5.91 Å². The normalized spacial score (nSPS) is 10.5. The fraction of sp³-hybridized carbons (Fsp3) is 0.167. The third-order valence-corrected chi connectivity index (χ3v) is 2.72. The predicted octanol–water partition coefficient (Wildman–Crippen LogP) is 2.12. The number of halogens is 1. The molecule has 1 aromatic rings. The monoisotopic (exact) mass is 297 g/mol. The Morgan fingerprint density at radius 1 is 1.47 bits per heavy atom. The van der Waals surface area contributed by atoms with Gasteiger partial charge < -0.3 is 10.5 Å². The van der Waals surface area contributed by atoms with Gasteiger partial charge >= 0.3 is 5.97 Å². The van der Waals surface area contributed by atoms with Gasteiger partial charge in [-0.3, -0.25) is 4.79 Å². The molecule has 0 atom stereocenters. The summed E-state index contributed by atoms with van der Waals surface area (Å²) in [4.78, 5) is 21.8. The average Bonchev–Trinajstić information content (AvgIpc) is 2.29. The number of carbonyl (C=O) groups is 2. The highest BCUT2D eigenvalue weighted by Gasteiger charge is 2.06. The SMILES string of the molecule is COC(=O)c1ccc(C=CCC(N)=O)c(Br)c1. The second kappa shape index (κ2) is 6.20. The van der Waals surface area contributed by atoms with Crippen LogP contribution in [0.25, 0.3) is 6.08 Å². The van der Waals surface area contributed by atoms with E-state index in [1.165, 1.54) is 7.11 Å². The van der Waals surface area contributed by atoms with Gasteiger partial charge in [0.25, 0.3) is 0 Å². The molecule has 1 rings (SSSR count). The molecule has 0 aliphatic carbocycles. The molecule has 0 aromatic heterocycles. The third-order valence-electron chi connectivity index (χ3n) is 2.04. The second-order valence-electron chi connectivity index (χ2n) is 3.30. The van der Waals surface area contributed by atoms with Crippen LogP contribution >= 0.6 is 15.9 Å². The summed E-state index contributed by atoms with van der Waals surface area (Å²) in [5.41, 5.74) is 6.34. The van der Waals surface area contributed by atoms with Gasteiger partial charge in [0.05, 0.1) is 12.7 Å². The Labute approximate surface area is 108 Å². The molecule has 0 unspecified atom stereocenters. The topological polar surface area (TPSA) is 69.4 Å². The zero-order chi connectivity index (χ0) is 12.8. The first-order valence-electron chi connectivity index (χ1n) is 4.87. The van der Waals surface area contributed by atoms with Gasteiger partial charge in [0.1, 0.15) is 0 Å². The van der Waals surface area contributed by atoms with Crippen LogP contribution in [0.1, 0.15) is 22.3 Å². The maximum absolute atomic E-state index is 11.3. The number of carbonyl (C=O) groups excluding carboxylic acids is 2. The molecule has 0 aliphatic rings. The van der Waals surface area contributed by atoms with Crippen LogP contribution in [0.3, 0.4) is 0 Å². The fourth-order valence-corrected chi connectivity index (χ4v) is 1.72. The molecule has 2 N–H and O–H groups in total. The first kappa shape index (κ1) is 13.4. The van der Waals surface area contributed by atoms with E-state index >= 15 is 0 Å². The largest absolute Gasteiger partial charge is 0.465 e. The Bertz CT molecular complexity index is 469. The Kier molecular flexibility index (Phi) is 4.90. The first-order valence-corrected chi connectivity index (χ1v) is 5.66. The number of methoxy groups -OCH3 is 1. The van der Waals surface area contributed by atoms with Crippen LogP contribution in [0.2, 0.25) is 0 Å². The lowest BCUT2D eigenvalue weighted by atomic mass is 10.1. The van der Waals surface area contributed by atoms with Crippen molar-refractivity contribution >= 4 is 33.9 Å². The minimum Gasteiger partial charge on any atom is -0.465 e. The average molecular weight is 298 g/mol. The van der Waals surface area contributed by atoms with Gasteiger partial charge in [-0.05, 0) is 17.7 Å². The summed E-state index contributed by atoms with van der Waals surface area (Å²) in [6.07, 6.45) is 3.61. The summed E-state index contributed by atoms with van der Waals surface area (Å²) >= 11 is 3.34. The fourth-order valence-electron chi connectivity index (χ4n) is 1.21. The van der Waals surface area contributed by atoms with Crippen LogP contribution in [-0.4, -0.2) is 19.0 Å². The third kappa shape index (κ3) is 4.03. The van der Waals surface area contributed by atoms with Crippen molar-refractivity contribution in [2.24, 2.45) is 5.73 Å². The highest BCUT2D eigenvalue weighted by Crippen LogP contribution is 2.20. The quantitative estimate of drug-likeness (QED) is 0.866. The van der Waals surface area contributed by atoms with Gasteiger partial charge in [0, 0.05) is 10.9 Å². The van der Waals surface area contributed by atoms with Crippen molar-refractivity contribution in [1.82, 2.24) is 0 Å². The number of rotatable bonds is 4. The van der Waals surface area contributed by atoms with Crippen molar-refractivity contribution in [3.63, 3.8) is 0 Å². The van der Waals surface area contributed by atoms with E-state index in [2.05, 4.69) is 20.7 Å². The van der Waals surface area contributed by atoms with E-state index in [1.54, 1.807) is 30.4 Å². The number of esters is 1. The molecule has 1 amide bonds. The van der Waals surface area contributed by atoms with Crippen molar-refractivity contribution in [1.29, 1.82) is 0 Å². The maximum Gasteiger partial charge on any atom is 0.337 e. The molecule has 17 heavy (non-hydrogen) atoms. The van der Waals surface area contributed by atoms with Crippen LogP contribution in [-0.2, 0) is 9.53 Å². The van der Waals surface area contributed by atoms with Crippen LogP contribution in [0.15, 0.2) is 28.7 Å². The van der Waals surface area contributed by atoms with E-state index in [4.69, 9.17) is 5.73 Å². The lowest BCUT2D eigenvalue weighted by Crippen LogP contribution is -2.07. The highest BCUT2D eigenvalue weighted by molar-refractivity contribution is 9.10. The van der Waals surface area contributed by atoms with Crippen LogP contribution in [0.4, 0.5) is 0 Å². The van der Waals surface area contributed by atoms with E-state index in [1.807, 2.05) is 0 Å². The van der Waals surface area contributed by atoms with Gasteiger partial charge in [0.15, 0.2) is 0 Å². The molecule has 4 nitrogen and oxygen atoms in total. The zero-order valence-corrected chi connectivity index (χ0v) is 10.9. The van der Waals surface area contributed by atoms with Crippen molar-refractivity contribution in [3.05, 3.63) is 39.9 Å². The highest BCUT2D eigenvalue weighted by atomic mass is 79.9. The maximum atomic E-state index is 11.3. The number of amides is 1. The molecule has 0 spiro atoms. The molecule has 0 heterocycles. The minimum atomic E-state index is -0.390. The first-order chi connectivity index (χ1) is 8.04. The Hall–Kier alpha value is -1.62. The summed E-state index contributed by atoms with van der Waals surface area (Å²) < 4.78 is 5.36. The Morgan fingerprint density at radius 2 is 2.18 bits per heavy atom. The van der Waals surface area contributed by atoms with Crippen molar-refractivity contribution in [2.45, 2.75) is 6.42 Å². The molecule has 0 saturated heterocycles. The standard InChI is InChI=1S/C12H12BrNO3/c1-17-12(16)9-6-5-8(10(13)7-9)3-2-4-11(14)15/h2-3,5-7H,4H2,1H3,(H2,14,15). The van der Waals surface area contributed by atoms with E-state index < -0.39 is 5.97 Å². The Morgan fingerprint density at radius 3 is 2.71 bits per heavy atom. The number of hydrogen-bond acceptors (Lipinski definition) is 3. The molecule has 90 valence electrons. The molecule has 0 fully saturated rings. The number of primary amides is 1. The molecule has 1 aromatic carbocycles. The van der Waals surface area contributed by atoms with Gasteiger partial charge in [-0.1, -0.05) is 34.1 Å². The zero-order valence-electron chi connectivity index (χ0n) is 9.27. The van der Waals surface area contributed by atoms with E-state index in [9.17, 15) is 9.59 Å². The lowest BCUT2D eigenvalue weighted by molar-refractivity contribution is -0.117. The van der Waals surface area contributed by atoms with Crippen LogP contribution in [0, 0.1) is 0 Å². The van der Waals surface area contributed by atoms with E-state index in [0.717, 1.165) is 10.0 Å². The molecule has 0 saturated carbocycles. The van der Waals surface area contributed by atoms with Gasteiger partial charge in [-0.2, -0.15) is 0 Å². The number of ether oxygens (including phenoxy) is 1. The van der Waals surface area contributed by atoms with Crippen molar-refractivity contribution < 1.29 is 14.3 Å². The molecule has 0 radical (unpaired) electrons. The van der Waals surface area contributed by atoms with Crippen LogP contribution < -0.4 is 5.73 Å². The summed E-state index contributed by atoms with van der Waals surface area (Å²) in [5.74, 6) is -0.776. The minimum absolute atomic E-state index is 0.186. The smallest absolute Gasteiger partial charge is 0.337 e. The number of benzene rings is 1. The molecule has 0 bridgehead atoms. The predicted molar refractivity (Wildman–Crippen MR) is 68.3 cm³/mol. The molecule has 5 heteroatoms.